The van der Waals surface area contributed by atoms with Crippen molar-refractivity contribution in [1.29, 1.82) is 0 Å². The summed E-state index contributed by atoms with van der Waals surface area (Å²) in [7, 11) is 0. The minimum Gasteiger partial charge on any atom is -0.355 e. The maximum absolute atomic E-state index is 12.4. The molecule has 3 aromatic heterocycles. The number of aromatic nitrogens is 6. The molecule has 0 atom stereocenters. The van der Waals surface area contributed by atoms with Crippen LogP contribution in [0.5, 0.6) is 0 Å². The van der Waals surface area contributed by atoms with Gasteiger partial charge in [-0.05, 0) is 0 Å². The van der Waals surface area contributed by atoms with E-state index >= 15 is 0 Å². The zero-order valence-electron chi connectivity index (χ0n) is 15.3. The summed E-state index contributed by atoms with van der Waals surface area (Å²) in [5, 5.41) is 10.9. The Bertz CT molecular complexity index is 938. The van der Waals surface area contributed by atoms with Crippen molar-refractivity contribution in [3.8, 4) is 5.82 Å². The predicted octanol–water partition coefficient (Wildman–Crippen LogP) is 1.42. The molecule has 27 heavy (non-hydrogen) atoms. The number of rotatable bonds is 4. The summed E-state index contributed by atoms with van der Waals surface area (Å²) in [5.41, 5.74) is 0.670. The van der Waals surface area contributed by atoms with E-state index in [-0.39, 0.29) is 17.2 Å². The fraction of sp³-hybridized carbons (Fsp3) is 0.412. The average molecular weight is 368 g/mol. The van der Waals surface area contributed by atoms with Crippen LogP contribution in [-0.4, -0.2) is 48.9 Å². The predicted molar refractivity (Wildman–Crippen MR) is 96.5 cm³/mol. The zero-order chi connectivity index (χ0) is 19.0. The molecular weight excluding hydrogens is 348 g/mol. The number of anilines is 2. The molecule has 1 aliphatic heterocycles. The molecule has 3 aromatic rings. The molecule has 0 spiro atoms. The van der Waals surface area contributed by atoms with E-state index < -0.39 is 0 Å². The van der Waals surface area contributed by atoms with Crippen molar-refractivity contribution in [2.24, 2.45) is 5.92 Å². The molecule has 1 N–H and O–H groups in total. The van der Waals surface area contributed by atoms with Gasteiger partial charge in [-0.2, -0.15) is 5.10 Å². The molecular formula is C17H20N8O2. The molecule has 10 heteroatoms. The molecule has 1 saturated heterocycles. The van der Waals surface area contributed by atoms with Gasteiger partial charge in [0.15, 0.2) is 5.82 Å². The van der Waals surface area contributed by atoms with Crippen LogP contribution >= 0.6 is 0 Å². The Morgan fingerprint density at radius 3 is 2.63 bits per heavy atom. The number of nitrogens with zero attached hydrogens (tertiary/aromatic N) is 7. The molecule has 0 aromatic carbocycles. The largest absolute Gasteiger partial charge is 0.355 e. The Balaban J connectivity index is 1.36. The van der Waals surface area contributed by atoms with Gasteiger partial charge in [0.1, 0.15) is 24.8 Å². The van der Waals surface area contributed by atoms with Crippen LogP contribution in [0.4, 0.5) is 11.7 Å². The molecule has 1 fully saturated rings. The molecule has 0 bridgehead atoms. The second kappa shape index (κ2) is 6.45. The number of nitrogens with one attached hydrogen (secondary N) is 1. The van der Waals surface area contributed by atoms with Crippen LogP contribution in [0.1, 0.15) is 26.5 Å². The second-order valence-corrected chi connectivity index (χ2v) is 7.49. The Morgan fingerprint density at radius 2 is 1.96 bits per heavy atom. The topological polar surface area (TPSA) is 115 Å². The van der Waals surface area contributed by atoms with Gasteiger partial charge in [0.05, 0.1) is 11.6 Å². The normalized spacial score (nSPS) is 14.9. The molecule has 140 valence electrons. The van der Waals surface area contributed by atoms with Crippen LogP contribution in [-0.2, 0) is 10.2 Å². The lowest BCUT2D eigenvalue weighted by Crippen LogP contribution is -2.52. The lowest BCUT2D eigenvalue weighted by molar-refractivity contribution is -0.120. The van der Waals surface area contributed by atoms with Crippen molar-refractivity contribution in [3.05, 3.63) is 36.8 Å². The highest BCUT2D eigenvalue weighted by atomic mass is 16.5. The van der Waals surface area contributed by atoms with Gasteiger partial charge in [0.25, 0.3) is 0 Å². The third-order valence-electron chi connectivity index (χ3n) is 4.39. The van der Waals surface area contributed by atoms with E-state index in [9.17, 15) is 4.79 Å². The monoisotopic (exact) mass is 368 g/mol. The molecule has 0 saturated carbocycles. The summed E-state index contributed by atoms with van der Waals surface area (Å²) < 4.78 is 6.78. The standard InChI is InChI=1S/C17H20N8O2/c1-17(2,3)12-4-15(27-23-12)22-16(26)11-6-24(7-11)13-5-14(20-9-19-13)25-10-18-8-21-25/h4-5,8-11H,6-7H2,1-3H3,(H,22,26). The highest BCUT2D eigenvalue weighted by molar-refractivity contribution is 5.93. The molecule has 1 aliphatic rings. The minimum absolute atomic E-state index is 0.0894. The van der Waals surface area contributed by atoms with Crippen LogP contribution in [0.2, 0.25) is 0 Å². The van der Waals surface area contributed by atoms with E-state index in [1.54, 1.807) is 17.1 Å². The smallest absolute Gasteiger partial charge is 0.233 e. The first kappa shape index (κ1) is 17.1. The molecule has 10 nitrogen and oxygen atoms in total. The summed E-state index contributed by atoms with van der Waals surface area (Å²) in [5.74, 6) is 1.52. The summed E-state index contributed by atoms with van der Waals surface area (Å²) in [6, 6.07) is 3.58. The van der Waals surface area contributed by atoms with Crippen LogP contribution in [0.15, 0.2) is 35.6 Å². The zero-order valence-corrected chi connectivity index (χ0v) is 15.3. The van der Waals surface area contributed by atoms with Crippen LogP contribution < -0.4 is 10.2 Å². The Morgan fingerprint density at radius 1 is 1.19 bits per heavy atom. The van der Waals surface area contributed by atoms with Gasteiger partial charge in [-0.3, -0.25) is 10.1 Å². The van der Waals surface area contributed by atoms with Gasteiger partial charge in [-0.15, -0.1) is 0 Å². The van der Waals surface area contributed by atoms with Crippen molar-refractivity contribution in [2.45, 2.75) is 26.2 Å². The number of hydrogen-bond donors (Lipinski definition) is 1. The minimum atomic E-state index is -0.141. The van der Waals surface area contributed by atoms with E-state index in [0.717, 1.165) is 11.5 Å². The van der Waals surface area contributed by atoms with E-state index in [4.69, 9.17) is 4.52 Å². The SMILES string of the molecule is CC(C)(C)c1cc(NC(=O)C2CN(c3cc(-n4cncn4)ncn3)C2)on1. The van der Waals surface area contributed by atoms with E-state index in [1.807, 2.05) is 31.7 Å². The number of amides is 1. The third kappa shape index (κ3) is 3.50. The summed E-state index contributed by atoms with van der Waals surface area (Å²) in [4.78, 5) is 26.8. The van der Waals surface area contributed by atoms with Gasteiger partial charge in [0.2, 0.25) is 11.8 Å². The maximum Gasteiger partial charge on any atom is 0.233 e. The van der Waals surface area contributed by atoms with Gasteiger partial charge in [-0.1, -0.05) is 25.9 Å². The Kier molecular flexibility index (Phi) is 4.09. The van der Waals surface area contributed by atoms with Crippen molar-refractivity contribution in [2.75, 3.05) is 23.3 Å². The summed E-state index contributed by atoms with van der Waals surface area (Å²) >= 11 is 0. The molecule has 0 aliphatic carbocycles. The highest BCUT2D eigenvalue weighted by Gasteiger charge is 2.34. The Labute approximate surface area is 155 Å². The highest BCUT2D eigenvalue weighted by Crippen LogP contribution is 2.26. The second-order valence-electron chi connectivity index (χ2n) is 7.49. The van der Waals surface area contributed by atoms with Crippen molar-refractivity contribution in [3.63, 3.8) is 0 Å². The van der Waals surface area contributed by atoms with E-state index in [1.165, 1.54) is 12.7 Å². The molecule has 1 amide bonds. The third-order valence-corrected chi connectivity index (χ3v) is 4.39. The maximum atomic E-state index is 12.4. The van der Waals surface area contributed by atoms with Gasteiger partial charge >= 0.3 is 0 Å². The van der Waals surface area contributed by atoms with Gasteiger partial charge < -0.3 is 9.42 Å². The Hall–Kier alpha value is -3.30. The first-order valence-electron chi connectivity index (χ1n) is 8.60. The van der Waals surface area contributed by atoms with Crippen molar-refractivity contribution >= 4 is 17.6 Å². The van der Waals surface area contributed by atoms with Gasteiger partial charge in [0, 0.05) is 30.6 Å². The number of carbonyl (C=O) groups is 1. The number of carbonyl (C=O) groups excluding carboxylic acids is 1. The lowest BCUT2D eigenvalue weighted by atomic mass is 9.92. The van der Waals surface area contributed by atoms with Crippen molar-refractivity contribution < 1.29 is 9.32 Å². The summed E-state index contributed by atoms with van der Waals surface area (Å²) in [6.07, 6.45) is 4.49. The molecule has 4 rings (SSSR count). The molecule has 4 heterocycles. The quantitative estimate of drug-likeness (QED) is 0.735. The number of hydrogen-bond acceptors (Lipinski definition) is 8. The fourth-order valence-corrected chi connectivity index (χ4v) is 2.70. The van der Waals surface area contributed by atoms with E-state index in [2.05, 4.69) is 30.5 Å². The first-order chi connectivity index (χ1) is 12.9. The van der Waals surface area contributed by atoms with Crippen LogP contribution in [0, 0.1) is 5.92 Å². The average Bonchev–Trinajstić information content (AvgIpc) is 3.25. The van der Waals surface area contributed by atoms with Gasteiger partial charge in [-0.25, -0.2) is 19.6 Å². The van der Waals surface area contributed by atoms with Crippen molar-refractivity contribution in [1.82, 2.24) is 29.9 Å². The first-order valence-corrected chi connectivity index (χ1v) is 8.60. The van der Waals surface area contributed by atoms with E-state index in [0.29, 0.717) is 24.8 Å². The fourth-order valence-electron chi connectivity index (χ4n) is 2.70. The molecule has 0 radical (unpaired) electrons. The van der Waals surface area contributed by atoms with Crippen LogP contribution in [0.25, 0.3) is 5.82 Å². The molecule has 0 unspecified atom stereocenters. The summed E-state index contributed by atoms with van der Waals surface area (Å²) in [6.45, 7) is 7.25. The lowest BCUT2D eigenvalue weighted by Gasteiger charge is -2.38. The van der Waals surface area contributed by atoms with Crippen LogP contribution in [0.3, 0.4) is 0 Å².